The highest BCUT2D eigenvalue weighted by atomic mass is 16.3. The van der Waals surface area contributed by atoms with Crippen LogP contribution in [0.2, 0.25) is 0 Å². The second-order valence-corrected chi connectivity index (χ2v) is 13.7. The van der Waals surface area contributed by atoms with Gasteiger partial charge in [-0.3, -0.25) is 0 Å². The lowest BCUT2D eigenvalue weighted by atomic mass is 9.94. The number of rotatable bonds is 7. The predicted molar refractivity (Wildman–Crippen MR) is 228 cm³/mol. The number of fused-ring (bicyclic) bond motifs is 4. The highest BCUT2D eigenvalue weighted by molar-refractivity contribution is 6.09. The van der Waals surface area contributed by atoms with Crippen LogP contribution in [0.15, 0.2) is 217 Å². The molecule has 0 fully saturated rings. The Labute approximate surface area is 314 Å². The number of benzene rings is 9. The van der Waals surface area contributed by atoms with Crippen LogP contribution in [0.1, 0.15) is 0 Å². The lowest BCUT2D eigenvalue weighted by Crippen LogP contribution is -2.11. The Bertz CT molecular complexity index is 2930. The van der Waals surface area contributed by atoms with Crippen LogP contribution in [0.5, 0.6) is 0 Å². The molecule has 0 aliphatic carbocycles. The standard InChI is InChI=1S/C52H35NO/c1-2-14-36(15-3-1)37-30-32-42(33-31-37)53(43-21-11-20-41(35-43)47-26-13-27-49-48-24-7-9-29-51(48)54-52(47)49)50-28-8-6-23-46(50)40-19-10-18-39(34-40)45-25-12-17-38-16-4-5-22-44(38)45/h1-35H. The van der Waals surface area contributed by atoms with Crippen molar-refractivity contribution in [1.29, 1.82) is 0 Å². The van der Waals surface area contributed by atoms with Crippen LogP contribution in [0, 0.1) is 0 Å². The molecule has 10 rings (SSSR count). The Morgan fingerprint density at radius 3 is 1.74 bits per heavy atom. The van der Waals surface area contributed by atoms with Crippen molar-refractivity contribution >= 4 is 49.8 Å². The van der Waals surface area contributed by atoms with E-state index in [1.54, 1.807) is 0 Å². The van der Waals surface area contributed by atoms with Crippen LogP contribution < -0.4 is 4.90 Å². The van der Waals surface area contributed by atoms with Gasteiger partial charge < -0.3 is 9.32 Å². The molecule has 2 nitrogen and oxygen atoms in total. The molecule has 0 N–H and O–H groups in total. The molecule has 9 aromatic carbocycles. The molecule has 54 heavy (non-hydrogen) atoms. The first-order valence-electron chi connectivity index (χ1n) is 18.4. The first-order chi connectivity index (χ1) is 26.8. The monoisotopic (exact) mass is 689 g/mol. The number of anilines is 3. The van der Waals surface area contributed by atoms with Crippen molar-refractivity contribution in [2.45, 2.75) is 0 Å². The molecule has 0 spiro atoms. The van der Waals surface area contributed by atoms with Crippen LogP contribution in [-0.2, 0) is 0 Å². The molecule has 0 radical (unpaired) electrons. The van der Waals surface area contributed by atoms with Gasteiger partial charge in [-0.15, -0.1) is 0 Å². The van der Waals surface area contributed by atoms with Crippen molar-refractivity contribution < 1.29 is 4.42 Å². The van der Waals surface area contributed by atoms with Crippen LogP contribution in [0.25, 0.3) is 77.2 Å². The van der Waals surface area contributed by atoms with Gasteiger partial charge in [-0.25, -0.2) is 0 Å². The van der Waals surface area contributed by atoms with Crippen molar-refractivity contribution in [2.75, 3.05) is 4.90 Å². The Kier molecular flexibility index (Phi) is 7.85. The van der Waals surface area contributed by atoms with Crippen LogP contribution in [0.3, 0.4) is 0 Å². The highest BCUT2D eigenvalue weighted by Crippen LogP contribution is 2.44. The lowest BCUT2D eigenvalue weighted by molar-refractivity contribution is 0.670. The highest BCUT2D eigenvalue weighted by Gasteiger charge is 2.20. The van der Waals surface area contributed by atoms with Gasteiger partial charge in [-0.2, -0.15) is 0 Å². The third kappa shape index (κ3) is 5.62. The van der Waals surface area contributed by atoms with Gasteiger partial charge in [0.1, 0.15) is 11.2 Å². The summed E-state index contributed by atoms with van der Waals surface area (Å²) in [6.45, 7) is 0. The predicted octanol–water partition coefficient (Wildman–Crippen LogP) is 14.9. The Balaban J connectivity index is 1.14. The zero-order valence-electron chi connectivity index (χ0n) is 29.6. The molecule has 1 aromatic heterocycles. The van der Waals surface area contributed by atoms with E-state index in [1.165, 1.54) is 33.0 Å². The molecular formula is C52H35NO. The second-order valence-electron chi connectivity index (χ2n) is 13.7. The van der Waals surface area contributed by atoms with E-state index in [-0.39, 0.29) is 0 Å². The summed E-state index contributed by atoms with van der Waals surface area (Å²) in [5.74, 6) is 0. The van der Waals surface area contributed by atoms with E-state index in [0.717, 1.165) is 61.3 Å². The van der Waals surface area contributed by atoms with Gasteiger partial charge in [-0.05, 0) is 86.6 Å². The fraction of sp³-hybridized carbons (Fsp3) is 0. The molecular weight excluding hydrogens is 655 g/mol. The quantitative estimate of drug-likeness (QED) is 0.166. The molecule has 1 heterocycles. The van der Waals surface area contributed by atoms with Gasteiger partial charge in [-0.1, -0.05) is 170 Å². The molecule has 0 aliphatic heterocycles. The van der Waals surface area contributed by atoms with Gasteiger partial charge in [0.2, 0.25) is 0 Å². The molecule has 0 bridgehead atoms. The van der Waals surface area contributed by atoms with E-state index < -0.39 is 0 Å². The summed E-state index contributed by atoms with van der Waals surface area (Å²) in [6, 6.07) is 75.9. The van der Waals surface area contributed by atoms with Gasteiger partial charge in [0.15, 0.2) is 0 Å². The van der Waals surface area contributed by atoms with Gasteiger partial charge in [0, 0.05) is 33.3 Å². The third-order valence-electron chi connectivity index (χ3n) is 10.5. The van der Waals surface area contributed by atoms with E-state index >= 15 is 0 Å². The summed E-state index contributed by atoms with van der Waals surface area (Å²) < 4.78 is 6.50. The molecule has 0 saturated heterocycles. The molecule has 0 amide bonds. The van der Waals surface area contributed by atoms with Crippen LogP contribution in [0.4, 0.5) is 17.1 Å². The molecule has 0 unspecified atom stereocenters. The first-order valence-corrected chi connectivity index (χ1v) is 18.4. The number of para-hydroxylation sites is 3. The summed E-state index contributed by atoms with van der Waals surface area (Å²) in [5.41, 5.74) is 14.3. The second kappa shape index (κ2) is 13.4. The normalized spacial score (nSPS) is 11.3. The lowest BCUT2D eigenvalue weighted by Gasteiger charge is -2.28. The Morgan fingerprint density at radius 2 is 0.870 bits per heavy atom. The number of hydrogen-bond donors (Lipinski definition) is 0. The summed E-state index contributed by atoms with van der Waals surface area (Å²) >= 11 is 0. The minimum Gasteiger partial charge on any atom is -0.455 e. The number of furan rings is 1. The van der Waals surface area contributed by atoms with Crippen molar-refractivity contribution in [3.8, 4) is 44.5 Å². The van der Waals surface area contributed by atoms with Crippen molar-refractivity contribution in [1.82, 2.24) is 0 Å². The minimum absolute atomic E-state index is 0.899. The van der Waals surface area contributed by atoms with Crippen molar-refractivity contribution in [2.24, 2.45) is 0 Å². The van der Waals surface area contributed by atoms with E-state index in [9.17, 15) is 0 Å². The van der Waals surface area contributed by atoms with E-state index in [2.05, 4.69) is 205 Å². The fourth-order valence-electron chi connectivity index (χ4n) is 7.89. The SMILES string of the molecule is c1ccc(-c2ccc(N(c3cccc(-c4cccc5c4oc4ccccc45)c3)c3ccccc3-c3cccc(-c4cccc5ccccc45)c3)cc2)cc1. The molecule has 10 aromatic rings. The summed E-state index contributed by atoms with van der Waals surface area (Å²) in [7, 11) is 0. The topological polar surface area (TPSA) is 16.4 Å². The maximum Gasteiger partial charge on any atom is 0.143 e. The van der Waals surface area contributed by atoms with Gasteiger partial charge in [0.05, 0.1) is 5.69 Å². The van der Waals surface area contributed by atoms with Crippen LogP contribution in [-0.4, -0.2) is 0 Å². The van der Waals surface area contributed by atoms with Crippen molar-refractivity contribution in [3.05, 3.63) is 212 Å². The Hall–Kier alpha value is -7.16. The number of nitrogens with zero attached hydrogens (tertiary/aromatic N) is 1. The smallest absolute Gasteiger partial charge is 0.143 e. The summed E-state index contributed by atoms with van der Waals surface area (Å²) in [5, 5.41) is 4.74. The average molecular weight is 690 g/mol. The maximum absolute atomic E-state index is 6.50. The van der Waals surface area contributed by atoms with Gasteiger partial charge in [0.25, 0.3) is 0 Å². The summed E-state index contributed by atoms with van der Waals surface area (Å²) in [6.07, 6.45) is 0. The molecule has 0 saturated carbocycles. The molecule has 254 valence electrons. The van der Waals surface area contributed by atoms with Crippen molar-refractivity contribution in [3.63, 3.8) is 0 Å². The first kappa shape index (κ1) is 31.6. The number of hydrogen-bond acceptors (Lipinski definition) is 2. The molecule has 0 atom stereocenters. The summed E-state index contributed by atoms with van der Waals surface area (Å²) in [4.78, 5) is 2.39. The van der Waals surface area contributed by atoms with E-state index in [4.69, 9.17) is 4.42 Å². The van der Waals surface area contributed by atoms with E-state index in [0.29, 0.717) is 0 Å². The molecule has 0 aliphatic rings. The minimum atomic E-state index is 0.899. The van der Waals surface area contributed by atoms with Gasteiger partial charge >= 0.3 is 0 Å². The molecule has 2 heteroatoms. The maximum atomic E-state index is 6.50. The average Bonchev–Trinajstić information content (AvgIpc) is 3.64. The Morgan fingerprint density at radius 1 is 0.315 bits per heavy atom. The largest absolute Gasteiger partial charge is 0.455 e. The van der Waals surface area contributed by atoms with E-state index in [1.807, 2.05) is 12.1 Å². The zero-order valence-corrected chi connectivity index (χ0v) is 29.6. The third-order valence-corrected chi connectivity index (χ3v) is 10.5. The zero-order chi connectivity index (χ0) is 35.8. The van der Waals surface area contributed by atoms with Crippen LogP contribution >= 0.6 is 0 Å². The fourth-order valence-corrected chi connectivity index (χ4v) is 7.89.